The van der Waals surface area contributed by atoms with Gasteiger partial charge in [0.2, 0.25) is 0 Å². The molecular formula is C14H29NO2. The van der Waals surface area contributed by atoms with Gasteiger partial charge in [0.1, 0.15) is 0 Å². The van der Waals surface area contributed by atoms with Crippen molar-refractivity contribution in [2.75, 3.05) is 32.8 Å². The molecule has 2 atom stereocenters. The molecule has 0 spiro atoms. The van der Waals surface area contributed by atoms with Crippen molar-refractivity contribution in [2.45, 2.75) is 46.1 Å². The van der Waals surface area contributed by atoms with Gasteiger partial charge in [-0.3, -0.25) is 0 Å². The van der Waals surface area contributed by atoms with E-state index in [1.807, 2.05) is 0 Å². The van der Waals surface area contributed by atoms with Crippen molar-refractivity contribution in [3.05, 3.63) is 0 Å². The topological polar surface area (TPSA) is 32.7 Å². The van der Waals surface area contributed by atoms with Gasteiger partial charge in [-0.15, -0.1) is 0 Å². The smallest absolute Gasteiger partial charge is 0.0900 e. The maximum absolute atomic E-state index is 9.87. The van der Waals surface area contributed by atoms with Gasteiger partial charge in [-0.25, -0.2) is 0 Å². The second kappa shape index (κ2) is 8.06. The highest BCUT2D eigenvalue weighted by Gasteiger charge is 2.25. The molecule has 0 aliphatic carbocycles. The van der Waals surface area contributed by atoms with Crippen molar-refractivity contribution in [1.82, 2.24) is 4.90 Å². The lowest BCUT2D eigenvalue weighted by Gasteiger charge is -2.21. The van der Waals surface area contributed by atoms with Gasteiger partial charge in [0.05, 0.1) is 12.7 Å². The molecule has 17 heavy (non-hydrogen) atoms. The summed E-state index contributed by atoms with van der Waals surface area (Å²) in [6.07, 6.45) is 3.20. The van der Waals surface area contributed by atoms with Crippen LogP contribution >= 0.6 is 0 Å². The zero-order chi connectivity index (χ0) is 12.7. The molecule has 102 valence electrons. The van der Waals surface area contributed by atoms with E-state index in [0.29, 0.717) is 6.61 Å². The Morgan fingerprint density at radius 1 is 1.41 bits per heavy atom. The third-order valence-electron chi connectivity index (χ3n) is 3.67. The maximum Gasteiger partial charge on any atom is 0.0900 e. The van der Waals surface area contributed by atoms with Crippen LogP contribution in [0.2, 0.25) is 0 Å². The van der Waals surface area contributed by atoms with Gasteiger partial charge in [0.15, 0.2) is 0 Å². The minimum atomic E-state index is -0.322. The Hall–Kier alpha value is -0.120. The van der Waals surface area contributed by atoms with Crippen LogP contribution in [-0.2, 0) is 4.74 Å². The van der Waals surface area contributed by atoms with Crippen LogP contribution in [-0.4, -0.2) is 49.0 Å². The average molecular weight is 243 g/mol. The first-order valence-electron chi connectivity index (χ1n) is 7.11. The van der Waals surface area contributed by atoms with E-state index in [-0.39, 0.29) is 6.10 Å². The van der Waals surface area contributed by atoms with Gasteiger partial charge >= 0.3 is 0 Å². The molecule has 1 heterocycles. The van der Waals surface area contributed by atoms with Crippen LogP contribution in [0.4, 0.5) is 0 Å². The number of aliphatic hydroxyl groups is 1. The van der Waals surface area contributed by atoms with Crippen molar-refractivity contribution < 1.29 is 9.84 Å². The predicted molar refractivity (Wildman–Crippen MR) is 71.1 cm³/mol. The lowest BCUT2D eigenvalue weighted by molar-refractivity contribution is 0.0187. The molecule has 0 aromatic heterocycles. The Bertz CT molecular complexity index is 197. The van der Waals surface area contributed by atoms with Crippen molar-refractivity contribution >= 4 is 0 Å². The molecule has 1 saturated heterocycles. The van der Waals surface area contributed by atoms with Crippen molar-refractivity contribution in [3.8, 4) is 0 Å². The van der Waals surface area contributed by atoms with E-state index in [2.05, 4.69) is 25.7 Å². The first-order valence-corrected chi connectivity index (χ1v) is 7.11. The number of aliphatic hydroxyl groups excluding tert-OH is 1. The summed E-state index contributed by atoms with van der Waals surface area (Å²) >= 11 is 0. The molecular weight excluding hydrogens is 214 g/mol. The third-order valence-corrected chi connectivity index (χ3v) is 3.67. The van der Waals surface area contributed by atoms with Gasteiger partial charge in [0.25, 0.3) is 0 Å². The number of β-amino-alcohol motifs (C(OH)–C–C–N with tert-alkyl or cyclic N) is 1. The second-order valence-electron chi connectivity index (χ2n) is 5.63. The Kier molecular flexibility index (Phi) is 7.09. The van der Waals surface area contributed by atoms with E-state index in [1.165, 1.54) is 6.42 Å². The minimum Gasteiger partial charge on any atom is -0.389 e. The summed E-state index contributed by atoms with van der Waals surface area (Å²) in [5.74, 6) is 1.57. The van der Waals surface area contributed by atoms with Crippen molar-refractivity contribution in [1.29, 1.82) is 0 Å². The summed E-state index contributed by atoms with van der Waals surface area (Å²) in [6.45, 7) is 11.0. The van der Waals surface area contributed by atoms with Crippen LogP contribution < -0.4 is 0 Å². The van der Waals surface area contributed by atoms with Crippen LogP contribution in [0, 0.1) is 11.8 Å². The van der Waals surface area contributed by atoms with E-state index in [1.54, 1.807) is 0 Å². The molecule has 0 bridgehead atoms. The molecule has 1 rings (SSSR count). The Balaban J connectivity index is 2.08. The molecule has 1 fully saturated rings. The van der Waals surface area contributed by atoms with Gasteiger partial charge in [-0.2, -0.15) is 0 Å². The molecule has 1 aliphatic heterocycles. The fourth-order valence-electron chi connectivity index (χ4n) is 2.39. The van der Waals surface area contributed by atoms with E-state index in [9.17, 15) is 5.11 Å². The summed E-state index contributed by atoms with van der Waals surface area (Å²) in [6, 6.07) is 0. The average Bonchev–Trinajstić information content (AvgIpc) is 2.73. The third kappa shape index (κ3) is 5.84. The molecule has 3 heteroatoms. The van der Waals surface area contributed by atoms with Crippen LogP contribution in [0.25, 0.3) is 0 Å². The molecule has 0 aromatic rings. The van der Waals surface area contributed by atoms with Gasteiger partial charge in [-0.05, 0) is 31.2 Å². The van der Waals surface area contributed by atoms with Gasteiger partial charge in [0, 0.05) is 19.7 Å². The Morgan fingerprint density at radius 2 is 2.18 bits per heavy atom. The number of rotatable bonds is 8. The van der Waals surface area contributed by atoms with Crippen LogP contribution in [0.1, 0.15) is 40.0 Å². The molecule has 0 aromatic carbocycles. The summed E-state index contributed by atoms with van der Waals surface area (Å²) in [5.41, 5.74) is 0. The largest absolute Gasteiger partial charge is 0.389 e. The first-order chi connectivity index (χ1) is 8.13. The highest BCUT2D eigenvalue weighted by Crippen LogP contribution is 2.23. The zero-order valence-corrected chi connectivity index (χ0v) is 11.7. The number of ether oxygens (including phenoxy) is 1. The van der Waals surface area contributed by atoms with Crippen LogP contribution in [0.5, 0.6) is 0 Å². The molecule has 0 saturated carbocycles. The fourth-order valence-corrected chi connectivity index (χ4v) is 2.39. The molecule has 2 unspecified atom stereocenters. The minimum absolute atomic E-state index is 0.322. The van der Waals surface area contributed by atoms with E-state index in [0.717, 1.165) is 50.9 Å². The van der Waals surface area contributed by atoms with Gasteiger partial charge in [-0.1, -0.05) is 27.2 Å². The molecule has 0 amide bonds. The SMILES string of the molecule is CCCCOCC(O)CN1CCC(C(C)C)C1. The van der Waals surface area contributed by atoms with E-state index < -0.39 is 0 Å². The van der Waals surface area contributed by atoms with Gasteiger partial charge < -0.3 is 14.7 Å². The van der Waals surface area contributed by atoms with E-state index in [4.69, 9.17) is 4.74 Å². The quantitative estimate of drug-likeness (QED) is 0.663. The predicted octanol–water partition coefficient (Wildman–Crippen LogP) is 2.14. The second-order valence-corrected chi connectivity index (χ2v) is 5.63. The molecule has 1 N–H and O–H groups in total. The maximum atomic E-state index is 9.87. The van der Waals surface area contributed by atoms with Crippen LogP contribution in [0.15, 0.2) is 0 Å². The number of hydrogen-bond donors (Lipinski definition) is 1. The van der Waals surface area contributed by atoms with Crippen LogP contribution in [0.3, 0.4) is 0 Å². The number of hydrogen-bond acceptors (Lipinski definition) is 3. The highest BCUT2D eigenvalue weighted by atomic mass is 16.5. The summed E-state index contributed by atoms with van der Waals surface area (Å²) in [5, 5.41) is 9.87. The monoisotopic (exact) mass is 243 g/mol. The first kappa shape index (κ1) is 14.9. The standard InChI is InChI=1S/C14H29NO2/c1-4-5-8-17-11-14(16)10-15-7-6-13(9-15)12(2)3/h12-14,16H,4-11H2,1-3H3. The normalized spacial score (nSPS) is 23.5. The summed E-state index contributed by atoms with van der Waals surface area (Å²) < 4.78 is 5.44. The lowest BCUT2D eigenvalue weighted by Crippen LogP contribution is -2.33. The Morgan fingerprint density at radius 3 is 2.76 bits per heavy atom. The summed E-state index contributed by atoms with van der Waals surface area (Å²) in [7, 11) is 0. The Labute approximate surface area is 106 Å². The zero-order valence-electron chi connectivity index (χ0n) is 11.7. The molecule has 3 nitrogen and oxygen atoms in total. The highest BCUT2D eigenvalue weighted by molar-refractivity contribution is 4.79. The molecule has 0 radical (unpaired) electrons. The molecule has 1 aliphatic rings. The number of nitrogens with zero attached hydrogens (tertiary/aromatic N) is 1. The number of unbranched alkanes of at least 4 members (excludes halogenated alkanes) is 1. The number of likely N-dealkylation sites (tertiary alicyclic amines) is 1. The van der Waals surface area contributed by atoms with Crippen molar-refractivity contribution in [3.63, 3.8) is 0 Å². The lowest BCUT2D eigenvalue weighted by atomic mass is 9.95. The van der Waals surface area contributed by atoms with E-state index >= 15 is 0 Å². The van der Waals surface area contributed by atoms with Crippen molar-refractivity contribution in [2.24, 2.45) is 11.8 Å². The summed E-state index contributed by atoms with van der Waals surface area (Å²) in [4.78, 5) is 2.37. The fraction of sp³-hybridized carbons (Fsp3) is 1.00.